The number of rotatable bonds is 3. The van der Waals surface area contributed by atoms with Crippen LogP contribution in [0.5, 0.6) is 11.5 Å². The number of fused-ring (bicyclic) bond motifs is 1. The Morgan fingerprint density at radius 1 is 0.750 bits per heavy atom. The van der Waals surface area contributed by atoms with Crippen molar-refractivity contribution in [3.63, 3.8) is 0 Å². The lowest BCUT2D eigenvalue weighted by Gasteiger charge is -2.19. The van der Waals surface area contributed by atoms with Gasteiger partial charge < -0.3 is 14.8 Å². The highest BCUT2D eigenvalue weighted by Gasteiger charge is 2.12. The summed E-state index contributed by atoms with van der Waals surface area (Å²) in [6.07, 6.45) is 0. The molecular weight excluding hydrogens is 298 g/mol. The zero-order chi connectivity index (χ0) is 16.4. The summed E-state index contributed by atoms with van der Waals surface area (Å²) in [5.74, 6) is 1.60. The maximum Gasteiger partial charge on any atom is 0.163 e. The average Bonchev–Trinajstić information content (AvgIpc) is 2.64. The first-order valence-corrected chi connectivity index (χ1v) is 8.12. The van der Waals surface area contributed by atoms with Crippen molar-refractivity contribution in [3.05, 3.63) is 72.3 Å². The van der Waals surface area contributed by atoms with Crippen molar-refractivity contribution in [2.75, 3.05) is 18.5 Å². The van der Waals surface area contributed by atoms with E-state index >= 15 is 0 Å². The number of hydrogen-bond donors (Lipinski definition) is 1. The molecule has 1 heterocycles. The molecule has 3 heteroatoms. The quantitative estimate of drug-likeness (QED) is 0.722. The van der Waals surface area contributed by atoms with Crippen LogP contribution in [-0.2, 0) is 0 Å². The van der Waals surface area contributed by atoms with Crippen molar-refractivity contribution < 1.29 is 9.47 Å². The number of benzene rings is 3. The Morgan fingerprint density at radius 3 is 2.38 bits per heavy atom. The average molecular weight is 317 g/mol. The predicted molar refractivity (Wildman–Crippen MR) is 97.3 cm³/mol. The molecule has 0 bridgehead atoms. The van der Waals surface area contributed by atoms with Crippen molar-refractivity contribution in [1.29, 1.82) is 0 Å². The zero-order valence-corrected chi connectivity index (χ0v) is 13.6. The van der Waals surface area contributed by atoms with E-state index in [4.69, 9.17) is 9.47 Å². The molecule has 1 aliphatic rings. The monoisotopic (exact) mass is 317 g/mol. The molecule has 0 spiro atoms. The molecule has 0 amide bonds. The van der Waals surface area contributed by atoms with E-state index in [0.29, 0.717) is 13.2 Å². The van der Waals surface area contributed by atoms with Crippen LogP contribution in [0, 0.1) is 6.92 Å². The van der Waals surface area contributed by atoms with Crippen molar-refractivity contribution in [2.24, 2.45) is 0 Å². The molecule has 3 aromatic rings. The third kappa shape index (κ3) is 2.93. The van der Waals surface area contributed by atoms with E-state index in [1.54, 1.807) is 0 Å². The van der Waals surface area contributed by atoms with Gasteiger partial charge in [0.15, 0.2) is 11.5 Å². The fourth-order valence-corrected chi connectivity index (χ4v) is 2.84. The first kappa shape index (κ1) is 14.6. The first-order valence-electron chi connectivity index (χ1n) is 8.12. The van der Waals surface area contributed by atoms with Gasteiger partial charge in [-0.1, -0.05) is 42.5 Å². The zero-order valence-electron chi connectivity index (χ0n) is 13.6. The molecule has 0 aliphatic carbocycles. The summed E-state index contributed by atoms with van der Waals surface area (Å²) in [6.45, 7) is 3.31. The lowest BCUT2D eigenvalue weighted by molar-refractivity contribution is 0.171. The van der Waals surface area contributed by atoms with Crippen molar-refractivity contribution in [2.45, 2.75) is 6.92 Å². The van der Waals surface area contributed by atoms with E-state index in [2.05, 4.69) is 54.7 Å². The Hall–Kier alpha value is -2.94. The van der Waals surface area contributed by atoms with Gasteiger partial charge in [0, 0.05) is 17.4 Å². The number of ether oxygens (including phenoxy) is 2. The second-order valence-electron chi connectivity index (χ2n) is 5.88. The summed E-state index contributed by atoms with van der Waals surface area (Å²) >= 11 is 0. The van der Waals surface area contributed by atoms with Crippen LogP contribution in [0.4, 0.5) is 11.4 Å². The molecule has 3 nitrogen and oxygen atoms in total. The van der Waals surface area contributed by atoms with Gasteiger partial charge >= 0.3 is 0 Å². The summed E-state index contributed by atoms with van der Waals surface area (Å²) in [5, 5.41) is 3.50. The molecule has 1 N–H and O–H groups in total. The summed E-state index contributed by atoms with van der Waals surface area (Å²) in [4.78, 5) is 0. The predicted octanol–water partition coefficient (Wildman–Crippen LogP) is 5.18. The smallest absolute Gasteiger partial charge is 0.163 e. The van der Waals surface area contributed by atoms with Crippen LogP contribution in [-0.4, -0.2) is 13.2 Å². The Balaban J connectivity index is 1.65. The van der Waals surface area contributed by atoms with Crippen LogP contribution in [0.3, 0.4) is 0 Å². The highest BCUT2D eigenvalue weighted by molar-refractivity contribution is 5.73. The maximum atomic E-state index is 5.66. The third-order valence-electron chi connectivity index (χ3n) is 4.17. The number of hydrogen-bond acceptors (Lipinski definition) is 3. The van der Waals surface area contributed by atoms with Gasteiger partial charge in [0.2, 0.25) is 0 Å². The molecule has 3 aromatic carbocycles. The van der Waals surface area contributed by atoms with Crippen LogP contribution in [0.25, 0.3) is 11.1 Å². The summed E-state index contributed by atoms with van der Waals surface area (Å²) in [6, 6.07) is 22.8. The maximum absolute atomic E-state index is 5.66. The molecule has 0 atom stereocenters. The molecule has 0 fully saturated rings. The standard InChI is InChI=1S/C21H19NO2/c1-15-7-8-17(16-5-3-2-4-6-16)13-19(15)22-18-9-10-20-21(14-18)24-12-11-23-20/h2-10,13-14,22H,11-12H2,1H3. The number of nitrogens with one attached hydrogen (secondary N) is 1. The van der Waals surface area contributed by atoms with Crippen LogP contribution in [0.15, 0.2) is 66.7 Å². The van der Waals surface area contributed by atoms with Crippen LogP contribution >= 0.6 is 0 Å². The summed E-state index contributed by atoms with van der Waals surface area (Å²) in [7, 11) is 0. The second kappa shape index (κ2) is 6.28. The molecule has 0 saturated heterocycles. The summed E-state index contributed by atoms with van der Waals surface area (Å²) < 4.78 is 11.2. The van der Waals surface area contributed by atoms with Crippen molar-refractivity contribution >= 4 is 11.4 Å². The highest BCUT2D eigenvalue weighted by atomic mass is 16.6. The molecule has 1 aliphatic heterocycles. The van der Waals surface area contributed by atoms with E-state index in [1.807, 2.05) is 24.3 Å². The third-order valence-corrected chi connectivity index (χ3v) is 4.17. The van der Waals surface area contributed by atoms with Crippen molar-refractivity contribution in [1.82, 2.24) is 0 Å². The van der Waals surface area contributed by atoms with Crippen LogP contribution in [0.1, 0.15) is 5.56 Å². The van der Waals surface area contributed by atoms with Gasteiger partial charge in [-0.3, -0.25) is 0 Å². The SMILES string of the molecule is Cc1ccc(-c2ccccc2)cc1Nc1ccc2c(c1)OCCO2. The van der Waals surface area contributed by atoms with Crippen LogP contribution < -0.4 is 14.8 Å². The molecule has 0 radical (unpaired) electrons. The van der Waals surface area contributed by atoms with E-state index < -0.39 is 0 Å². The molecule has 0 aromatic heterocycles. The Kier molecular flexibility index (Phi) is 3.83. The van der Waals surface area contributed by atoms with Gasteiger partial charge in [-0.25, -0.2) is 0 Å². The largest absolute Gasteiger partial charge is 0.486 e. The normalized spacial score (nSPS) is 12.7. The molecule has 24 heavy (non-hydrogen) atoms. The number of aryl methyl sites for hydroxylation is 1. The van der Waals surface area contributed by atoms with Crippen LogP contribution in [0.2, 0.25) is 0 Å². The Labute approximate surface area is 141 Å². The van der Waals surface area contributed by atoms with Crippen molar-refractivity contribution in [3.8, 4) is 22.6 Å². The van der Waals surface area contributed by atoms with E-state index in [-0.39, 0.29) is 0 Å². The molecule has 120 valence electrons. The van der Waals surface area contributed by atoms with E-state index in [0.717, 1.165) is 22.9 Å². The minimum Gasteiger partial charge on any atom is -0.486 e. The molecule has 0 unspecified atom stereocenters. The topological polar surface area (TPSA) is 30.5 Å². The van der Waals surface area contributed by atoms with Gasteiger partial charge in [0.05, 0.1) is 0 Å². The van der Waals surface area contributed by atoms with Gasteiger partial charge in [-0.2, -0.15) is 0 Å². The van der Waals surface area contributed by atoms with E-state index in [9.17, 15) is 0 Å². The highest BCUT2D eigenvalue weighted by Crippen LogP contribution is 2.34. The first-order chi connectivity index (χ1) is 11.8. The Morgan fingerprint density at radius 2 is 1.54 bits per heavy atom. The molecular formula is C21H19NO2. The molecule has 0 saturated carbocycles. The van der Waals surface area contributed by atoms with E-state index in [1.165, 1.54) is 16.7 Å². The second-order valence-corrected chi connectivity index (χ2v) is 5.88. The fourth-order valence-electron chi connectivity index (χ4n) is 2.84. The lowest BCUT2D eigenvalue weighted by atomic mass is 10.0. The number of anilines is 2. The lowest BCUT2D eigenvalue weighted by Crippen LogP contribution is -2.15. The van der Waals surface area contributed by atoms with Gasteiger partial charge in [0.25, 0.3) is 0 Å². The van der Waals surface area contributed by atoms with Gasteiger partial charge in [-0.05, 0) is 41.8 Å². The summed E-state index contributed by atoms with van der Waals surface area (Å²) in [5.41, 5.74) is 5.69. The molecule has 4 rings (SSSR count). The fraction of sp³-hybridized carbons (Fsp3) is 0.143. The Bertz CT molecular complexity index is 859. The van der Waals surface area contributed by atoms with Gasteiger partial charge in [0.1, 0.15) is 13.2 Å². The minimum absolute atomic E-state index is 0.596. The minimum atomic E-state index is 0.596. The van der Waals surface area contributed by atoms with Gasteiger partial charge in [-0.15, -0.1) is 0 Å².